The second-order valence-corrected chi connectivity index (χ2v) is 7.72. The Hall–Kier alpha value is -1.40. The molecule has 2 heterocycles. The second kappa shape index (κ2) is 6.48. The van der Waals surface area contributed by atoms with Gasteiger partial charge in [0.25, 0.3) is 5.56 Å². The minimum atomic E-state index is 0.0813. The van der Waals surface area contributed by atoms with Crippen molar-refractivity contribution in [2.45, 2.75) is 32.7 Å². The summed E-state index contributed by atoms with van der Waals surface area (Å²) in [7, 11) is 0. The summed E-state index contributed by atoms with van der Waals surface area (Å²) in [5.41, 5.74) is 1.91. The highest BCUT2D eigenvalue weighted by molar-refractivity contribution is 9.10. The first kappa shape index (κ1) is 16.1. The highest BCUT2D eigenvalue weighted by atomic mass is 79.9. The van der Waals surface area contributed by atoms with Crippen LogP contribution in [0.15, 0.2) is 21.4 Å². The molecule has 0 N–H and O–H groups in total. The molecule has 2 fully saturated rings. The number of anilines is 1. The summed E-state index contributed by atoms with van der Waals surface area (Å²) < 4.78 is 8.26. The molecule has 4 rings (SSSR count). The second-order valence-electron chi connectivity index (χ2n) is 6.87. The first-order valence-electron chi connectivity index (χ1n) is 8.67. The Balaban J connectivity index is 1.89. The Kier molecular flexibility index (Phi) is 4.35. The zero-order valence-electron chi connectivity index (χ0n) is 13.9. The number of rotatable bonds is 3. The van der Waals surface area contributed by atoms with Crippen LogP contribution >= 0.6 is 15.9 Å². The van der Waals surface area contributed by atoms with Gasteiger partial charge in [-0.1, -0.05) is 6.42 Å². The van der Waals surface area contributed by atoms with E-state index < -0.39 is 0 Å². The van der Waals surface area contributed by atoms with E-state index in [1.807, 2.05) is 23.6 Å². The van der Waals surface area contributed by atoms with Crippen LogP contribution in [0.5, 0.6) is 0 Å². The molecule has 1 aliphatic heterocycles. The number of aromatic nitrogens is 2. The van der Waals surface area contributed by atoms with E-state index in [9.17, 15) is 4.79 Å². The Labute approximate surface area is 149 Å². The fourth-order valence-corrected chi connectivity index (χ4v) is 4.17. The Morgan fingerprint density at radius 1 is 1.29 bits per heavy atom. The van der Waals surface area contributed by atoms with Gasteiger partial charge in [-0.15, -0.1) is 0 Å². The van der Waals surface area contributed by atoms with Crippen molar-refractivity contribution < 1.29 is 4.74 Å². The molecule has 6 heteroatoms. The molecular weight excluding hydrogens is 370 g/mol. The molecule has 1 aromatic carbocycles. The number of fused-ring (bicyclic) bond motifs is 1. The van der Waals surface area contributed by atoms with Crippen molar-refractivity contribution in [3.8, 4) is 0 Å². The summed E-state index contributed by atoms with van der Waals surface area (Å²) in [4.78, 5) is 20.3. The maximum atomic E-state index is 13.2. The molecule has 0 unspecified atom stereocenters. The minimum Gasteiger partial charge on any atom is -0.378 e. The third-order valence-corrected chi connectivity index (χ3v) is 5.70. The largest absolute Gasteiger partial charge is 0.378 e. The lowest BCUT2D eigenvalue weighted by Crippen LogP contribution is -2.41. The van der Waals surface area contributed by atoms with Gasteiger partial charge in [-0.2, -0.15) is 0 Å². The zero-order valence-corrected chi connectivity index (χ0v) is 15.5. The minimum absolute atomic E-state index is 0.0813. The highest BCUT2D eigenvalue weighted by Crippen LogP contribution is 2.30. The number of benzene rings is 1. The van der Waals surface area contributed by atoms with Crippen LogP contribution in [0.4, 0.5) is 5.95 Å². The van der Waals surface area contributed by atoms with Crippen LogP contribution in [0.25, 0.3) is 10.9 Å². The molecule has 0 bridgehead atoms. The Bertz CT molecular complexity index is 823. The molecule has 0 amide bonds. The number of hydrogen-bond donors (Lipinski definition) is 0. The van der Waals surface area contributed by atoms with Crippen molar-refractivity contribution in [1.82, 2.24) is 9.55 Å². The van der Waals surface area contributed by atoms with Crippen molar-refractivity contribution in [3.05, 3.63) is 32.5 Å². The van der Waals surface area contributed by atoms with E-state index in [4.69, 9.17) is 9.72 Å². The molecule has 1 saturated carbocycles. The quantitative estimate of drug-likeness (QED) is 0.806. The van der Waals surface area contributed by atoms with Gasteiger partial charge in [0.15, 0.2) is 0 Å². The maximum Gasteiger partial charge on any atom is 0.262 e. The van der Waals surface area contributed by atoms with Crippen LogP contribution in [0.1, 0.15) is 24.8 Å². The van der Waals surface area contributed by atoms with Crippen LogP contribution in [0.3, 0.4) is 0 Å². The van der Waals surface area contributed by atoms with E-state index in [1.165, 1.54) is 19.3 Å². The number of hydrogen-bond acceptors (Lipinski definition) is 4. The van der Waals surface area contributed by atoms with E-state index in [0.29, 0.717) is 24.5 Å². The Morgan fingerprint density at radius 2 is 2.04 bits per heavy atom. The Morgan fingerprint density at radius 3 is 2.71 bits per heavy atom. The van der Waals surface area contributed by atoms with Crippen LogP contribution in [0.2, 0.25) is 0 Å². The van der Waals surface area contributed by atoms with E-state index in [1.54, 1.807) is 0 Å². The smallest absolute Gasteiger partial charge is 0.262 e. The van der Waals surface area contributed by atoms with Crippen molar-refractivity contribution in [2.24, 2.45) is 5.92 Å². The molecule has 1 aliphatic carbocycles. The summed E-state index contributed by atoms with van der Waals surface area (Å²) in [6.45, 7) is 5.73. The van der Waals surface area contributed by atoms with Gasteiger partial charge in [-0.3, -0.25) is 9.36 Å². The fourth-order valence-electron chi connectivity index (χ4n) is 3.51. The van der Waals surface area contributed by atoms with Crippen molar-refractivity contribution in [1.29, 1.82) is 0 Å². The third kappa shape index (κ3) is 2.86. The van der Waals surface area contributed by atoms with Gasteiger partial charge in [0.2, 0.25) is 5.95 Å². The van der Waals surface area contributed by atoms with Crippen molar-refractivity contribution >= 4 is 32.8 Å². The third-order valence-electron chi connectivity index (χ3n) is 5.10. The topological polar surface area (TPSA) is 47.4 Å². The van der Waals surface area contributed by atoms with Gasteiger partial charge in [0, 0.05) is 24.1 Å². The summed E-state index contributed by atoms with van der Waals surface area (Å²) in [5, 5.41) is 0.707. The van der Waals surface area contributed by atoms with Gasteiger partial charge in [0.05, 0.1) is 24.1 Å². The summed E-state index contributed by atoms with van der Waals surface area (Å²) in [6, 6.07) is 3.98. The van der Waals surface area contributed by atoms with E-state index in [-0.39, 0.29) is 5.56 Å². The summed E-state index contributed by atoms with van der Waals surface area (Å²) in [6.07, 6.45) is 3.70. The normalized spacial score (nSPS) is 18.8. The van der Waals surface area contributed by atoms with Crippen molar-refractivity contribution in [3.63, 3.8) is 0 Å². The van der Waals surface area contributed by atoms with E-state index >= 15 is 0 Å². The lowest BCUT2D eigenvalue weighted by atomic mass is 9.85. The van der Waals surface area contributed by atoms with Gasteiger partial charge in [-0.05, 0) is 59.3 Å². The predicted molar refractivity (Wildman–Crippen MR) is 98.8 cm³/mol. The van der Waals surface area contributed by atoms with Gasteiger partial charge in [0.1, 0.15) is 0 Å². The molecule has 2 aliphatic rings. The standard InChI is InChI=1S/C18H22BrN3O2/c1-12-9-14-16(15(19)10-12)20-18(21-5-7-24-8-6-21)22(17(14)23)11-13-3-2-4-13/h9-10,13H,2-8,11H2,1H3. The maximum absolute atomic E-state index is 13.2. The van der Waals surface area contributed by atoms with E-state index in [2.05, 4.69) is 20.8 Å². The molecule has 128 valence electrons. The summed E-state index contributed by atoms with van der Waals surface area (Å²) >= 11 is 3.59. The number of aryl methyl sites for hydroxylation is 1. The molecule has 0 radical (unpaired) electrons. The number of halogens is 1. The fraction of sp³-hybridized carbons (Fsp3) is 0.556. The van der Waals surface area contributed by atoms with Crippen molar-refractivity contribution in [2.75, 3.05) is 31.2 Å². The molecule has 0 atom stereocenters. The molecule has 5 nitrogen and oxygen atoms in total. The van der Waals surface area contributed by atoms with Gasteiger partial charge in [-0.25, -0.2) is 4.98 Å². The monoisotopic (exact) mass is 391 g/mol. The van der Waals surface area contributed by atoms with Crippen LogP contribution in [-0.4, -0.2) is 35.9 Å². The lowest BCUT2D eigenvalue weighted by molar-refractivity contribution is 0.121. The van der Waals surface area contributed by atoms with Crippen LogP contribution < -0.4 is 10.5 Å². The average Bonchev–Trinajstić information content (AvgIpc) is 2.53. The van der Waals surface area contributed by atoms with Crippen LogP contribution in [0, 0.1) is 12.8 Å². The van der Waals surface area contributed by atoms with Gasteiger partial charge < -0.3 is 9.64 Å². The predicted octanol–water partition coefficient (Wildman–Crippen LogP) is 3.10. The number of morpholine rings is 1. The zero-order chi connectivity index (χ0) is 16.7. The van der Waals surface area contributed by atoms with Crippen LogP contribution in [-0.2, 0) is 11.3 Å². The van der Waals surface area contributed by atoms with E-state index in [0.717, 1.165) is 41.1 Å². The number of ether oxygens (including phenoxy) is 1. The first-order chi connectivity index (χ1) is 11.6. The molecule has 2 aromatic rings. The average molecular weight is 392 g/mol. The molecule has 24 heavy (non-hydrogen) atoms. The molecule has 0 spiro atoms. The molecular formula is C18H22BrN3O2. The molecule has 1 aromatic heterocycles. The van der Waals surface area contributed by atoms with Gasteiger partial charge >= 0.3 is 0 Å². The lowest BCUT2D eigenvalue weighted by Gasteiger charge is -2.32. The first-order valence-corrected chi connectivity index (χ1v) is 9.46. The summed E-state index contributed by atoms with van der Waals surface area (Å²) in [5.74, 6) is 1.40. The highest BCUT2D eigenvalue weighted by Gasteiger charge is 2.24. The SMILES string of the molecule is Cc1cc(Br)c2nc(N3CCOCC3)n(CC3CCC3)c(=O)c2c1. The number of nitrogens with zero attached hydrogens (tertiary/aromatic N) is 3. The molecule has 1 saturated heterocycles.